The summed E-state index contributed by atoms with van der Waals surface area (Å²) in [5.41, 5.74) is 0.496. The van der Waals surface area contributed by atoms with Crippen molar-refractivity contribution in [3.8, 4) is 0 Å². The van der Waals surface area contributed by atoms with Crippen molar-refractivity contribution < 1.29 is 4.39 Å². The van der Waals surface area contributed by atoms with Crippen LogP contribution < -0.4 is 5.32 Å². The number of aromatic nitrogens is 2. The van der Waals surface area contributed by atoms with E-state index in [1.54, 1.807) is 24.4 Å². The maximum atomic E-state index is 13.7. The van der Waals surface area contributed by atoms with Crippen LogP contribution in [0.4, 0.5) is 10.2 Å². The maximum absolute atomic E-state index is 13.7. The highest BCUT2D eigenvalue weighted by Gasteiger charge is 2.08. The Morgan fingerprint density at radius 3 is 2.94 bits per heavy atom. The van der Waals surface area contributed by atoms with E-state index in [4.69, 9.17) is 11.6 Å². The van der Waals surface area contributed by atoms with E-state index in [0.29, 0.717) is 17.8 Å². The predicted octanol–water partition coefficient (Wildman–Crippen LogP) is 3.29. The molecule has 0 unspecified atom stereocenters. The van der Waals surface area contributed by atoms with Gasteiger partial charge in [-0.05, 0) is 24.6 Å². The Labute approximate surface area is 110 Å². The fourth-order valence-electron chi connectivity index (χ4n) is 1.62. The molecule has 0 radical (unpaired) electrons. The highest BCUT2D eigenvalue weighted by molar-refractivity contribution is 6.30. The molecule has 2 rings (SSSR count). The zero-order valence-corrected chi connectivity index (χ0v) is 10.7. The van der Waals surface area contributed by atoms with Crippen molar-refractivity contribution in [3.63, 3.8) is 0 Å². The van der Waals surface area contributed by atoms with Crippen LogP contribution in [0.5, 0.6) is 0 Å². The summed E-state index contributed by atoms with van der Waals surface area (Å²) in [4.78, 5) is 8.42. The lowest BCUT2D eigenvalue weighted by Crippen LogP contribution is -2.04. The molecule has 0 fully saturated rings. The second-order valence-electron chi connectivity index (χ2n) is 3.78. The average molecular weight is 266 g/mol. The minimum Gasteiger partial charge on any atom is -0.370 e. The molecule has 1 heterocycles. The topological polar surface area (TPSA) is 37.8 Å². The molecule has 0 saturated carbocycles. The van der Waals surface area contributed by atoms with E-state index in [0.717, 1.165) is 12.4 Å². The third-order valence-corrected chi connectivity index (χ3v) is 2.74. The summed E-state index contributed by atoms with van der Waals surface area (Å²) < 4.78 is 13.7. The van der Waals surface area contributed by atoms with Crippen LogP contribution in [0, 0.1) is 5.82 Å². The monoisotopic (exact) mass is 265 g/mol. The average Bonchev–Trinajstić information content (AvgIpc) is 2.36. The Morgan fingerprint density at radius 2 is 2.17 bits per heavy atom. The number of nitrogens with zero attached hydrogens (tertiary/aromatic N) is 2. The van der Waals surface area contributed by atoms with Gasteiger partial charge in [0.1, 0.15) is 17.5 Å². The smallest absolute Gasteiger partial charge is 0.145 e. The van der Waals surface area contributed by atoms with Gasteiger partial charge < -0.3 is 5.32 Å². The van der Waals surface area contributed by atoms with Crippen molar-refractivity contribution in [1.82, 2.24) is 9.97 Å². The molecule has 0 bridgehead atoms. The van der Waals surface area contributed by atoms with Crippen LogP contribution in [0.1, 0.15) is 18.3 Å². The van der Waals surface area contributed by atoms with Crippen molar-refractivity contribution in [3.05, 3.63) is 52.7 Å². The summed E-state index contributed by atoms with van der Waals surface area (Å²) in [5.74, 6) is 0.899. The normalized spacial score (nSPS) is 10.4. The summed E-state index contributed by atoms with van der Waals surface area (Å²) in [6.07, 6.45) is 1.98. The highest BCUT2D eigenvalue weighted by atomic mass is 35.5. The number of benzene rings is 1. The van der Waals surface area contributed by atoms with Crippen molar-refractivity contribution in [1.29, 1.82) is 0 Å². The first kappa shape index (κ1) is 12.8. The largest absolute Gasteiger partial charge is 0.370 e. The molecule has 0 aliphatic carbocycles. The molecular formula is C13H13ClFN3. The van der Waals surface area contributed by atoms with E-state index >= 15 is 0 Å². The number of halogens is 2. The number of anilines is 1. The van der Waals surface area contributed by atoms with E-state index in [-0.39, 0.29) is 5.02 Å². The van der Waals surface area contributed by atoms with Gasteiger partial charge in [0.25, 0.3) is 0 Å². The van der Waals surface area contributed by atoms with E-state index in [1.165, 1.54) is 6.07 Å². The molecule has 0 aliphatic heterocycles. The number of nitrogens with one attached hydrogen (secondary N) is 1. The maximum Gasteiger partial charge on any atom is 0.145 e. The second kappa shape index (κ2) is 5.78. The van der Waals surface area contributed by atoms with Gasteiger partial charge in [0.15, 0.2) is 0 Å². The fourth-order valence-corrected chi connectivity index (χ4v) is 1.81. The van der Waals surface area contributed by atoms with Gasteiger partial charge in [0.05, 0.1) is 5.02 Å². The van der Waals surface area contributed by atoms with Gasteiger partial charge in [-0.15, -0.1) is 0 Å². The van der Waals surface area contributed by atoms with Crippen LogP contribution in [-0.2, 0) is 6.42 Å². The molecule has 3 nitrogen and oxygen atoms in total. The molecule has 1 aromatic heterocycles. The zero-order valence-electron chi connectivity index (χ0n) is 9.95. The van der Waals surface area contributed by atoms with Crippen LogP contribution in [0.15, 0.2) is 30.5 Å². The van der Waals surface area contributed by atoms with Crippen LogP contribution >= 0.6 is 11.6 Å². The molecule has 18 heavy (non-hydrogen) atoms. The van der Waals surface area contributed by atoms with Gasteiger partial charge in [0, 0.05) is 19.2 Å². The molecule has 5 heteroatoms. The lowest BCUT2D eigenvalue weighted by Gasteiger charge is -2.06. The minimum atomic E-state index is -0.406. The molecule has 1 N–H and O–H groups in total. The predicted molar refractivity (Wildman–Crippen MR) is 70.4 cm³/mol. The SMILES string of the molecule is CCNc1ccnc(Cc2cccc(Cl)c2F)n1. The quantitative estimate of drug-likeness (QED) is 0.922. The van der Waals surface area contributed by atoms with E-state index in [9.17, 15) is 4.39 Å². The van der Waals surface area contributed by atoms with E-state index < -0.39 is 5.82 Å². The summed E-state index contributed by atoms with van der Waals surface area (Å²) in [6.45, 7) is 2.76. The summed E-state index contributed by atoms with van der Waals surface area (Å²) in [7, 11) is 0. The van der Waals surface area contributed by atoms with E-state index in [2.05, 4.69) is 15.3 Å². The molecule has 94 valence electrons. The van der Waals surface area contributed by atoms with Gasteiger partial charge in [-0.1, -0.05) is 23.7 Å². The van der Waals surface area contributed by atoms with Crippen LogP contribution in [0.2, 0.25) is 5.02 Å². The van der Waals surface area contributed by atoms with Gasteiger partial charge in [-0.2, -0.15) is 0 Å². The van der Waals surface area contributed by atoms with Gasteiger partial charge in [-0.3, -0.25) is 0 Å². The molecule has 0 aliphatic rings. The fraction of sp³-hybridized carbons (Fsp3) is 0.231. The molecule has 0 amide bonds. The Balaban J connectivity index is 2.23. The summed E-state index contributed by atoms with van der Waals surface area (Å²) >= 11 is 5.73. The Morgan fingerprint density at radius 1 is 1.33 bits per heavy atom. The second-order valence-corrected chi connectivity index (χ2v) is 4.19. The summed E-state index contributed by atoms with van der Waals surface area (Å²) in [5, 5.41) is 3.21. The third-order valence-electron chi connectivity index (χ3n) is 2.44. The van der Waals surface area contributed by atoms with Crippen LogP contribution in [0.3, 0.4) is 0 Å². The number of hydrogen-bond donors (Lipinski definition) is 1. The lowest BCUT2D eigenvalue weighted by molar-refractivity contribution is 0.612. The van der Waals surface area contributed by atoms with Gasteiger partial charge >= 0.3 is 0 Å². The molecular weight excluding hydrogens is 253 g/mol. The Bertz CT molecular complexity index is 546. The Kier molecular flexibility index (Phi) is 4.10. The molecule has 0 atom stereocenters. The zero-order chi connectivity index (χ0) is 13.0. The first-order valence-electron chi connectivity index (χ1n) is 5.69. The van der Waals surface area contributed by atoms with Crippen molar-refractivity contribution in [2.45, 2.75) is 13.3 Å². The van der Waals surface area contributed by atoms with E-state index in [1.807, 2.05) is 6.92 Å². The van der Waals surface area contributed by atoms with Gasteiger partial charge in [0.2, 0.25) is 0 Å². The first-order chi connectivity index (χ1) is 8.70. The van der Waals surface area contributed by atoms with Crippen molar-refractivity contribution in [2.24, 2.45) is 0 Å². The molecule has 0 spiro atoms. The van der Waals surface area contributed by atoms with Crippen LogP contribution in [-0.4, -0.2) is 16.5 Å². The third kappa shape index (κ3) is 2.96. The molecule has 2 aromatic rings. The van der Waals surface area contributed by atoms with Crippen molar-refractivity contribution >= 4 is 17.4 Å². The Hall–Kier alpha value is -1.68. The molecule has 0 saturated heterocycles. The first-order valence-corrected chi connectivity index (χ1v) is 6.07. The van der Waals surface area contributed by atoms with Crippen molar-refractivity contribution in [2.75, 3.05) is 11.9 Å². The number of hydrogen-bond acceptors (Lipinski definition) is 3. The standard InChI is InChI=1S/C13H13ClFN3/c1-2-16-11-6-7-17-12(18-11)8-9-4-3-5-10(14)13(9)15/h3-7H,2,8H2,1H3,(H,16,17,18). The molecule has 1 aromatic carbocycles. The van der Waals surface area contributed by atoms with Gasteiger partial charge in [-0.25, -0.2) is 14.4 Å². The number of rotatable bonds is 4. The summed E-state index contributed by atoms with van der Waals surface area (Å²) in [6, 6.07) is 6.71. The van der Waals surface area contributed by atoms with Crippen LogP contribution in [0.25, 0.3) is 0 Å². The minimum absolute atomic E-state index is 0.121. The highest BCUT2D eigenvalue weighted by Crippen LogP contribution is 2.19. The lowest BCUT2D eigenvalue weighted by atomic mass is 10.1.